The van der Waals surface area contributed by atoms with E-state index < -0.39 is 11.6 Å². The fourth-order valence-corrected chi connectivity index (χ4v) is 3.65. The van der Waals surface area contributed by atoms with Crippen LogP contribution in [0.5, 0.6) is 0 Å². The molecular weight excluding hydrogens is 352 g/mol. The van der Waals surface area contributed by atoms with E-state index in [1.807, 2.05) is 11.0 Å². The first-order valence-corrected chi connectivity index (χ1v) is 9.30. The Kier molecular flexibility index (Phi) is 5.33. The topological polar surface area (TPSA) is 53.5 Å². The molecule has 1 N–H and O–H groups in total. The van der Waals surface area contributed by atoms with Crippen LogP contribution in [-0.4, -0.2) is 55.4 Å². The summed E-state index contributed by atoms with van der Waals surface area (Å²) >= 11 is 0. The van der Waals surface area contributed by atoms with Gasteiger partial charge in [-0.2, -0.15) is 0 Å². The maximum atomic E-state index is 13.5. The van der Waals surface area contributed by atoms with Gasteiger partial charge in [0.2, 0.25) is 0 Å². The summed E-state index contributed by atoms with van der Waals surface area (Å²) in [5.74, 6) is 0.552. The number of ether oxygens (including phenoxy) is 1. The van der Waals surface area contributed by atoms with Crippen LogP contribution in [0.4, 0.5) is 26.1 Å². The first kappa shape index (κ1) is 17.9. The molecule has 2 saturated heterocycles. The molecule has 0 bridgehead atoms. The predicted molar refractivity (Wildman–Crippen MR) is 100 cm³/mol. The molecule has 0 aliphatic carbocycles. The molecule has 0 spiro atoms. The van der Waals surface area contributed by atoms with Crippen LogP contribution < -0.4 is 15.1 Å². The van der Waals surface area contributed by atoms with Crippen molar-refractivity contribution in [2.75, 3.05) is 54.5 Å². The van der Waals surface area contributed by atoms with E-state index in [0.717, 1.165) is 50.2 Å². The molecule has 2 fully saturated rings. The van der Waals surface area contributed by atoms with Crippen molar-refractivity contribution in [3.05, 3.63) is 42.2 Å². The number of morpholine rings is 1. The smallest absolute Gasteiger partial charge is 0.134 e. The predicted octanol–water partition coefficient (Wildman–Crippen LogP) is 2.67. The summed E-state index contributed by atoms with van der Waals surface area (Å²) in [5, 5.41) is 3.45. The van der Waals surface area contributed by atoms with Crippen LogP contribution >= 0.6 is 0 Å². The molecule has 2 aromatic rings. The third-order valence-electron chi connectivity index (χ3n) is 4.97. The van der Waals surface area contributed by atoms with Gasteiger partial charge in [0.05, 0.1) is 13.2 Å². The Labute approximate surface area is 157 Å². The van der Waals surface area contributed by atoms with E-state index in [0.29, 0.717) is 25.4 Å². The van der Waals surface area contributed by atoms with Crippen LogP contribution in [0.3, 0.4) is 0 Å². The number of benzene rings is 1. The lowest BCUT2D eigenvalue weighted by Gasteiger charge is -2.35. The molecule has 27 heavy (non-hydrogen) atoms. The average Bonchev–Trinajstić information content (AvgIpc) is 2.68. The number of aromatic nitrogens is 2. The van der Waals surface area contributed by atoms with Crippen LogP contribution in [0.15, 0.2) is 30.6 Å². The van der Waals surface area contributed by atoms with Gasteiger partial charge in [-0.05, 0) is 25.0 Å². The Morgan fingerprint density at radius 2 is 1.74 bits per heavy atom. The zero-order chi connectivity index (χ0) is 18.6. The molecule has 1 aromatic carbocycles. The van der Waals surface area contributed by atoms with Crippen molar-refractivity contribution in [2.24, 2.45) is 0 Å². The largest absolute Gasteiger partial charge is 0.378 e. The van der Waals surface area contributed by atoms with Gasteiger partial charge in [0.25, 0.3) is 0 Å². The quantitative estimate of drug-likeness (QED) is 0.887. The highest BCUT2D eigenvalue weighted by Crippen LogP contribution is 2.24. The van der Waals surface area contributed by atoms with Gasteiger partial charge in [-0.3, -0.25) is 0 Å². The van der Waals surface area contributed by atoms with Gasteiger partial charge in [0, 0.05) is 50.0 Å². The maximum absolute atomic E-state index is 13.5. The van der Waals surface area contributed by atoms with E-state index in [9.17, 15) is 8.78 Å². The second-order valence-corrected chi connectivity index (χ2v) is 6.92. The molecule has 2 aliphatic rings. The first-order valence-electron chi connectivity index (χ1n) is 9.30. The molecule has 6 nitrogen and oxygen atoms in total. The van der Waals surface area contributed by atoms with Gasteiger partial charge in [0.15, 0.2) is 0 Å². The zero-order valence-corrected chi connectivity index (χ0v) is 15.1. The summed E-state index contributed by atoms with van der Waals surface area (Å²) in [6.07, 6.45) is 3.48. The van der Waals surface area contributed by atoms with Crippen LogP contribution in [0, 0.1) is 11.6 Å². The lowest BCUT2D eigenvalue weighted by molar-refractivity contribution is 0.122. The van der Waals surface area contributed by atoms with Gasteiger partial charge < -0.3 is 19.9 Å². The summed E-state index contributed by atoms with van der Waals surface area (Å²) in [7, 11) is 0. The molecule has 3 heterocycles. The standard InChI is InChI=1S/C19H23F2N5O/c20-14-8-15(21)10-17(9-14)26-3-1-2-16(12-26)24-18-11-19(23-13-22-18)25-4-6-27-7-5-25/h8-11,13,16H,1-7,12H2,(H,22,23,24). The lowest BCUT2D eigenvalue weighted by Crippen LogP contribution is -2.42. The SMILES string of the molecule is Fc1cc(F)cc(N2CCCC(Nc3cc(N4CCOCC4)ncn3)C2)c1. The van der Waals surface area contributed by atoms with E-state index in [4.69, 9.17) is 4.74 Å². The number of nitrogens with one attached hydrogen (secondary N) is 1. The third-order valence-corrected chi connectivity index (χ3v) is 4.97. The number of anilines is 3. The van der Waals surface area contributed by atoms with Crippen LogP contribution in [0.25, 0.3) is 0 Å². The van der Waals surface area contributed by atoms with Crippen molar-refractivity contribution in [3.63, 3.8) is 0 Å². The summed E-state index contributed by atoms with van der Waals surface area (Å²) < 4.78 is 32.5. The lowest BCUT2D eigenvalue weighted by atomic mass is 10.0. The molecule has 1 aromatic heterocycles. The summed E-state index contributed by atoms with van der Waals surface area (Å²) in [5.41, 5.74) is 0.579. The van der Waals surface area contributed by atoms with E-state index in [2.05, 4.69) is 20.2 Å². The number of nitrogens with zero attached hydrogens (tertiary/aromatic N) is 4. The number of piperidine rings is 1. The Morgan fingerprint density at radius 3 is 2.52 bits per heavy atom. The minimum atomic E-state index is -0.550. The van der Waals surface area contributed by atoms with Gasteiger partial charge >= 0.3 is 0 Å². The molecule has 1 atom stereocenters. The number of hydrogen-bond donors (Lipinski definition) is 1. The summed E-state index contributed by atoms with van der Waals surface area (Å²) in [4.78, 5) is 12.9. The van der Waals surface area contributed by atoms with Gasteiger partial charge in [-0.1, -0.05) is 0 Å². The average molecular weight is 375 g/mol. The van der Waals surface area contributed by atoms with Gasteiger partial charge in [-0.15, -0.1) is 0 Å². The fourth-order valence-electron chi connectivity index (χ4n) is 3.65. The Bertz CT molecular complexity index is 764. The minimum absolute atomic E-state index is 0.150. The minimum Gasteiger partial charge on any atom is -0.378 e. The highest BCUT2D eigenvalue weighted by Gasteiger charge is 2.22. The highest BCUT2D eigenvalue weighted by atomic mass is 19.1. The Morgan fingerprint density at radius 1 is 0.963 bits per heavy atom. The van der Waals surface area contributed by atoms with Crippen molar-refractivity contribution in [2.45, 2.75) is 18.9 Å². The number of hydrogen-bond acceptors (Lipinski definition) is 6. The highest BCUT2D eigenvalue weighted by molar-refractivity contribution is 5.51. The maximum Gasteiger partial charge on any atom is 0.134 e. The molecule has 0 amide bonds. The second-order valence-electron chi connectivity index (χ2n) is 6.92. The molecular formula is C19H23F2N5O. The van der Waals surface area contributed by atoms with Crippen LogP contribution in [0.2, 0.25) is 0 Å². The molecule has 4 rings (SSSR count). The van der Waals surface area contributed by atoms with Crippen molar-refractivity contribution in [1.82, 2.24) is 9.97 Å². The van der Waals surface area contributed by atoms with E-state index in [-0.39, 0.29) is 6.04 Å². The molecule has 0 radical (unpaired) electrons. The number of halogens is 2. The molecule has 0 saturated carbocycles. The van der Waals surface area contributed by atoms with Gasteiger partial charge in [-0.25, -0.2) is 18.7 Å². The molecule has 1 unspecified atom stereocenters. The van der Waals surface area contributed by atoms with E-state index in [1.54, 1.807) is 6.33 Å². The van der Waals surface area contributed by atoms with Crippen molar-refractivity contribution in [1.29, 1.82) is 0 Å². The van der Waals surface area contributed by atoms with Gasteiger partial charge in [0.1, 0.15) is 29.6 Å². The zero-order valence-electron chi connectivity index (χ0n) is 15.1. The summed E-state index contributed by atoms with van der Waals surface area (Å²) in [6.45, 7) is 4.49. The second kappa shape index (κ2) is 8.04. The van der Waals surface area contributed by atoms with Crippen molar-refractivity contribution < 1.29 is 13.5 Å². The molecule has 8 heteroatoms. The van der Waals surface area contributed by atoms with Crippen LogP contribution in [0.1, 0.15) is 12.8 Å². The Balaban J connectivity index is 1.43. The molecule has 144 valence electrons. The first-order chi connectivity index (χ1) is 13.2. The fraction of sp³-hybridized carbons (Fsp3) is 0.474. The van der Waals surface area contributed by atoms with E-state index in [1.165, 1.54) is 12.1 Å². The monoisotopic (exact) mass is 375 g/mol. The number of rotatable bonds is 4. The normalized spacial score (nSPS) is 20.6. The van der Waals surface area contributed by atoms with E-state index >= 15 is 0 Å². The summed E-state index contributed by atoms with van der Waals surface area (Å²) in [6, 6.07) is 5.76. The van der Waals surface area contributed by atoms with Crippen molar-refractivity contribution in [3.8, 4) is 0 Å². The third kappa shape index (κ3) is 4.44. The Hall–Kier alpha value is -2.48. The van der Waals surface area contributed by atoms with Crippen molar-refractivity contribution >= 4 is 17.3 Å². The van der Waals surface area contributed by atoms with Crippen LogP contribution in [-0.2, 0) is 4.74 Å². The molecule has 2 aliphatic heterocycles.